The summed E-state index contributed by atoms with van der Waals surface area (Å²) in [6, 6.07) is 15.2. The Morgan fingerprint density at radius 2 is 2.08 bits per heavy atom. The smallest absolute Gasteiger partial charge is 0.307 e. The Morgan fingerprint density at radius 3 is 3.00 bits per heavy atom. The molecule has 0 aliphatic heterocycles. The fourth-order valence-electron chi connectivity index (χ4n) is 2.54. The number of rotatable bonds is 3. The van der Waals surface area contributed by atoms with Crippen LogP contribution in [0.4, 0.5) is 0 Å². The predicted octanol–water partition coefficient (Wildman–Crippen LogP) is 4.44. The molecule has 0 aliphatic rings. The van der Waals surface area contributed by atoms with E-state index in [1.165, 1.54) is 0 Å². The maximum absolute atomic E-state index is 12.2. The van der Waals surface area contributed by atoms with Crippen LogP contribution in [0.25, 0.3) is 21.9 Å². The second kappa shape index (κ2) is 5.98. The number of halogens is 1. The molecule has 5 nitrogen and oxygen atoms in total. The van der Waals surface area contributed by atoms with E-state index in [1.54, 1.807) is 12.3 Å². The number of furan rings is 1. The van der Waals surface area contributed by atoms with E-state index in [0.717, 1.165) is 26.3 Å². The van der Waals surface area contributed by atoms with Crippen LogP contribution in [0.15, 0.2) is 68.7 Å². The SMILES string of the molecule is O=C(N/N=C/c1c[nH]c2ccccc12)c1cc2cc(Br)ccc2o1. The average molecular weight is 382 g/mol. The van der Waals surface area contributed by atoms with Crippen LogP contribution in [0.5, 0.6) is 0 Å². The summed E-state index contributed by atoms with van der Waals surface area (Å²) < 4.78 is 6.46. The lowest BCUT2D eigenvalue weighted by Crippen LogP contribution is -2.16. The van der Waals surface area contributed by atoms with Crippen molar-refractivity contribution in [3.05, 3.63) is 70.5 Å². The average Bonchev–Trinajstić information content (AvgIpc) is 3.18. The number of benzene rings is 2. The van der Waals surface area contributed by atoms with Crippen molar-refractivity contribution >= 4 is 49.9 Å². The first-order chi connectivity index (χ1) is 11.7. The van der Waals surface area contributed by atoms with E-state index >= 15 is 0 Å². The maximum Gasteiger partial charge on any atom is 0.307 e. The molecule has 0 atom stereocenters. The molecule has 24 heavy (non-hydrogen) atoms. The van der Waals surface area contributed by atoms with Crippen LogP contribution in [-0.2, 0) is 0 Å². The lowest BCUT2D eigenvalue weighted by atomic mass is 10.2. The van der Waals surface area contributed by atoms with E-state index in [1.807, 2.05) is 48.7 Å². The van der Waals surface area contributed by atoms with Crippen LogP contribution >= 0.6 is 15.9 Å². The number of hydrogen-bond acceptors (Lipinski definition) is 3. The molecule has 0 saturated heterocycles. The summed E-state index contributed by atoms with van der Waals surface area (Å²) in [5, 5.41) is 5.92. The number of fused-ring (bicyclic) bond motifs is 2. The third kappa shape index (κ3) is 2.72. The summed E-state index contributed by atoms with van der Waals surface area (Å²) in [5.41, 5.74) is 5.07. The Morgan fingerprint density at radius 1 is 1.21 bits per heavy atom. The van der Waals surface area contributed by atoms with E-state index in [2.05, 4.69) is 31.4 Å². The van der Waals surface area contributed by atoms with Crippen molar-refractivity contribution in [2.24, 2.45) is 5.10 Å². The molecule has 2 N–H and O–H groups in total. The second-order valence-corrected chi connectivity index (χ2v) is 6.20. The molecule has 0 unspecified atom stereocenters. The molecule has 2 heterocycles. The van der Waals surface area contributed by atoms with Crippen LogP contribution in [0.1, 0.15) is 16.1 Å². The molecule has 2 aromatic heterocycles. The van der Waals surface area contributed by atoms with Crippen LogP contribution in [0.3, 0.4) is 0 Å². The van der Waals surface area contributed by atoms with Crippen molar-refractivity contribution < 1.29 is 9.21 Å². The first kappa shape index (κ1) is 14.7. The number of nitrogens with zero attached hydrogens (tertiary/aromatic N) is 1. The Balaban J connectivity index is 1.53. The first-order valence-corrected chi connectivity index (χ1v) is 8.08. The monoisotopic (exact) mass is 381 g/mol. The van der Waals surface area contributed by atoms with Crippen LogP contribution < -0.4 is 5.43 Å². The summed E-state index contributed by atoms with van der Waals surface area (Å²) in [7, 11) is 0. The Kier molecular flexibility index (Phi) is 3.66. The lowest BCUT2D eigenvalue weighted by Gasteiger charge is -1.95. The third-order valence-electron chi connectivity index (χ3n) is 3.69. The molecule has 4 rings (SSSR count). The number of aromatic nitrogens is 1. The summed E-state index contributed by atoms with van der Waals surface area (Å²) in [5.74, 6) is -0.169. The highest BCUT2D eigenvalue weighted by atomic mass is 79.9. The molecule has 0 bridgehead atoms. The summed E-state index contributed by atoms with van der Waals surface area (Å²) >= 11 is 3.39. The molecule has 2 aromatic carbocycles. The van der Waals surface area contributed by atoms with E-state index in [9.17, 15) is 4.79 Å². The number of para-hydroxylation sites is 1. The highest BCUT2D eigenvalue weighted by Crippen LogP contribution is 2.23. The molecule has 6 heteroatoms. The van der Waals surface area contributed by atoms with Crippen molar-refractivity contribution in [2.45, 2.75) is 0 Å². The van der Waals surface area contributed by atoms with E-state index in [4.69, 9.17) is 4.42 Å². The zero-order valence-corrected chi connectivity index (χ0v) is 14.0. The first-order valence-electron chi connectivity index (χ1n) is 7.29. The molecule has 0 aliphatic carbocycles. The number of hydrogen-bond donors (Lipinski definition) is 2. The van der Waals surface area contributed by atoms with Crippen LogP contribution in [0, 0.1) is 0 Å². The number of hydrazone groups is 1. The standard InChI is InChI=1S/C18H12BrN3O2/c19-13-5-6-16-11(7-13)8-17(24-16)18(23)22-21-10-12-9-20-15-4-2-1-3-14(12)15/h1-10,20H,(H,22,23)/b21-10+. The van der Waals surface area contributed by atoms with Crippen molar-refractivity contribution in [3.8, 4) is 0 Å². The summed E-state index contributed by atoms with van der Waals surface area (Å²) in [4.78, 5) is 15.3. The number of aromatic amines is 1. The highest BCUT2D eigenvalue weighted by Gasteiger charge is 2.11. The zero-order valence-electron chi connectivity index (χ0n) is 12.4. The highest BCUT2D eigenvalue weighted by molar-refractivity contribution is 9.10. The minimum Gasteiger partial charge on any atom is -0.451 e. The minimum atomic E-state index is -0.390. The van der Waals surface area contributed by atoms with Crippen LogP contribution in [0.2, 0.25) is 0 Å². The van der Waals surface area contributed by atoms with Crippen molar-refractivity contribution in [1.82, 2.24) is 10.4 Å². The van der Waals surface area contributed by atoms with Gasteiger partial charge in [-0.05, 0) is 30.3 Å². The van der Waals surface area contributed by atoms with Crippen molar-refractivity contribution in [2.75, 3.05) is 0 Å². The molecule has 118 valence electrons. The molecule has 0 fully saturated rings. The lowest BCUT2D eigenvalue weighted by molar-refractivity contribution is 0.0929. The van der Waals surface area contributed by atoms with Gasteiger partial charge in [0.25, 0.3) is 0 Å². The molecule has 1 amide bonds. The van der Waals surface area contributed by atoms with E-state index in [0.29, 0.717) is 5.58 Å². The van der Waals surface area contributed by atoms with Gasteiger partial charge in [-0.1, -0.05) is 34.1 Å². The van der Waals surface area contributed by atoms with Gasteiger partial charge in [-0.3, -0.25) is 4.79 Å². The Bertz CT molecular complexity index is 1080. The van der Waals surface area contributed by atoms with Gasteiger partial charge in [0.15, 0.2) is 5.76 Å². The third-order valence-corrected chi connectivity index (χ3v) is 4.19. The number of carbonyl (C=O) groups is 1. The number of H-pyrrole nitrogens is 1. The molecule has 4 aromatic rings. The van der Waals surface area contributed by atoms with Crippen molar-refractivity contribution in [1.29, 1.82) is 0 Å². The second-order valence-electron chi connectivity index (χ2n) is 5.28. The fourth-order valence-corrected chi connectivity index (χ4v) is 2.92. The Hall–Kier alpha value is -2.86. The van der Waals surface area contributed by atoms with Gasteiger partial charge < -0.3 is 9.40 Å². The normalized spacial score (nSPS) is 11.5. The largest absolute Gasteiger partial charge is 0.451 e. The summed E-state index contributed by atoms with van der Waals surface area (Å²) in [6.07, 6.45) is 3.45. The van der Waals surface area contributed by atoms with Gasteiger partial charge in [0.2, 0.25) is 0 Å². The molecular formula is C18H12BrN3O2. The molecular weight excluding hydrogens is 370 g/mol. The van der Waals surface area contributed by atoms with Gasteiger partial charge in [-0.2, -0.15) is 5.10 Å². The van der Waals surface area contributed by atoms with Crippen LogP contribution in [-0.4, -0.2) is 17.1 Å². The van der Waals surface area contributed by atoms with Gasteiger partial charge in [0.05, 0.1) is 6.21 Å². The quantitative estimate of drug-likeness (QED) is 0.406. The number of carbonyl (C=O) groups excluding carboxylic acids is 1. The van der Waals surface area contributed by atoms with Gasteiger partial charge in [0.1, 0.15) is 5.58 Å². The molecule has 0 saturated carbocycles. The minimum absolute atomic E-state index is 0.221. The van der Waals surface area contributed by atoms with Crippen molar-refractivity contribution in [3.63, 3.8) is 0 Å². The summed E-state index contributed by atoms with van der Waals surface area (Å²) in [6.45, 7) is 0. The number of nitrogens with one attached hydrogen (secondary N) is 2. The van der Waals surface area contributed by atoms with Gasteiger partial charge in [-0.25, -0.2) is 5.43 Å². The topological polar surface area (TPSA) is 70.4 Å². The van der Waals surface area contributed by atoms with Gasteiger partial charge in [-0.15, -0.1) is 0 Å². The molecule has 0 spiro atoms. The van der Waals surface area contributed by atoms with E-state index < -0.39 is 5.91 Å². The van der Waals surface area contributed by atoms with Gasteiger partial charge >= 0.3 is 5.91 Å². The molecule has 0 radical (unpaired) electrons. The number of amides is 1. The fraction of sp³-hybridized carbons (Fsp3) is 0. The zero-order chi connectivity index (χ0) is 16.5. The van der Waals surface area contributed by atoms with E-state index in [-0.39, 0.29) is 5.76 Å². The Labute approximate surface area is 145 Å². The maximum atomic E-state index is 12.2. The van der Waals surface area contributed by atoms with Gasteiger partial charge in [0, 0.05) is 32.5 Å². The predicted molar refractivity (Wildman–Crippen MR) is 97.3 cm³/mol.